The van der Waals surface area contributed by atoms with Crippen LogP contribution in [0.25, 0.3) is 0 Å². The van der Waals surface area contributed by atoms with Crippen LogP contribution in [0.1, 0.15) is 65.7 Å². The molecule has 29 heavy (non-hydrogen) atoms. The summed E-state index contributed by atoms with van der Waals surface area (Å²) in [6, 6.07) is 0. The van der Waals surface area contributed by atoms with E-state index in [1.807, 2.05) is 0 Å². The van der Waals surface area contributed by atoms with E-state index < -0.39 is 5.97 Å². The van der Waals surface area contributed by atoms with Gasteiger partial charge in [-0.2, -0.15) is 0 Å². The SMILES string of the molecule is C/C=C1/C(C#CC(=O)OC)C[C@H]2[C@@H]3CC[C@H]4C[C@@H](O)CC[C@]4(C)[C@H]3[C@@H](O)C[C@]12C. The zero-order valence-electron chi connectivity index (χ0n) is 18.3. The molecule has 4 saturated carbocycles. The van der Waals surface area contributed by atoms with Gasteiger partial charge in [-0.25, -0.2) is 4.79 Å². The maximum Gasteiger partial charge on any atom is 0.384 e. The van der Waals surface area contributed by atoms with E-state index >= 15 is 0 Å². The van der Waals surface area contributed by atoms with E-state index in [0.717, 1.165) is 44.9 Å². The first-order chi connectivity index (χ1) is 13.7. The second-order valence-corrected chi connectivity index (χ2v) is 10.5. The predicted octanol–water partition coefficient (Wildman–Crippen LogP) is 3.71. The summed E-state index contributed by atoms with van der Waals surface area (Å²) in [6.07, 6.45) is 8.48. The fourth-order valence-corrected chi connectivity index (χ4v) is 8.12. The number of methoxy groups -OCH3 is 1. The second-order valence-electron chi connectivity index (χ2n) is 10.5. The fraction of sp³-hybridized carbons (Fsp3) is 0.800. The van der Waals surface area contributed by atoms with Crippen molar-refractivity contribution in [3.63, 3.8) is 0 Å². The highest BCUT2D eigenvalue weighted by Crippen LogP contribution is 2.68. The molecule has 9 atom stereocenters. The molecule has 4 heteroatoms. The van der Waals surface area contributed by atoms with E-state index in [2.05, 4.69) is 38.7 Å². The van der Waals surface area contributed by atoms with Crippen LogP contribution in [0.5, 0.6) is 0 Å². The third-order valence-electron chi connectivity index (χ3n) is 9.33. The molecule has 4 aliphatic carbocycles. The normalized spacial score (nSPS) is 50.0. The van der Waals surface area contributed by atoms with E-state index in [0.29, 0.717) is 23.7 Å². The number of hydrogen-bond acceptors (Lipinski definition) is 4. The first kappa shape index (κ1) is 20.9. The van der Waals surface area contributed by atoms with Gasteiger partial charge in [0.15, 0.2) is 0 Å². The molecule has 0 saturated heterocycles. The lowest BCUT2D eigenvalue weighted by Gasteiger charge is -2.61. The van der Waals surface area contributed by atoms with Crippen LogP contribution >= 0.6 is 0 Å². The molecule has 0 radical (unpaired) electrons. The quantitative estimate of drug-likeness (QED) is 0.282. The Bertz CT molecular complexity index is 761. The van der Waals surface area contributed by atoms with Crippen molar-refractivity contribution >= 4 is 5.97 Å². The Labute approximate surface area is 175 Å². The standard InChI is InChI=1S/C25H36O4/c1-5-19-15(6-9-22(28)29-4)12-20-18-8-7-16-13-17(26)10-11-24(16,2)23(18)21(27)14-25(19,20)3/h5,15-18,20-21,23,26-27H,7-8,10-14H2,1-4H3/b19-5-/t15?,16-,17-,18-,20-,21-,23+,24-,25+/m0/s1. The molecule has 4 aliphatic rings. The molecule has 0 aromatic heterocycles. The average Bonchev–Trinajstić information content (AvgIpc) is 2.97. The summed E-state index contributed by atoms with van der Waals surface area (Å²) in [5.41, 5.74) is 1.36. The van der Waals surface area contributed by atoms with Gasteiger partial charge in [0.05, 0.1) is 19.3 Å². The number of allylic oxidation sites excluding steroid dienone is 2. The smallest absolute Gasteiger partial charge is 0.384 e. The summed E-state index contributed by atoms with van der Waals surface area (Å²) >= 11 is 0. The molecule has 0 amide bonds. The predicted molar refractivity (Wildman–Crippen MR) is 112 cm³/mol. The molecule has 0 aromatic rings. The van der Waals surface area contributed by atoms with Gasteiger partial charge in [-0.1, -0.05) is 31.4 Å². The van der Waals surface area contributed by atoms with Gasteiger partial charge in [-0.15, -0.1) is 0 Å². The van der Waals surface area contributed by atoms with Gasteiger partial charge in [0, 0.05) is 11.8 Å². The first-order valence-electron chi connectivity index (χ1n) is 11.4. The lowest BCUT2D eigenvalue weighted by Crippen LogP contribution is -2.58. The number of ether oxygens (including phenoxy) is 1. The number of carbonyl (C=O) groups is 1. The van der Waals surface area contributed by atoms with Crippen molar-refractivity contribution in [2.45, 2.75) is 77.9 Å². The minimum atomic E-state index is -0.479. The zero-order chi connectivity index (χ0) is 21.0. The molecule has 4 rings (SSSR count). The van der Waals surface area contributed by atoms with Gasteiger partial charge in [0.25, 0.3) is 0 Å². The fourth-order valence-electron chi connectivity index (χ4n) is 8.12. The molecule has 4 nitrogen and oxygen atoms in total. The first-order valence-corrected chi connectivity index (χ1v) is 11.4. The zero-order valence-corrected chi connectivity index (χ0v) is 18.3. The van der Waals surface area contributed by atoms with Crippen molar-refractivity contribution in [2.75, 3.05) is 7.11 Å². The maximum atomic E-state index is 11.6. The van der Waals surface area contributed by atoms with Gasteiger partial charge in [-0.05, 0) is 86.4 Å². The van der Waals surface area contributed by atoms with Crippen molar-refractivity contribution in [1.29, 1.82) is 0 Å². The van der Waals surface area contributed by atoms with E-state index in [4.69, 9.17) is 4.74 Å². The molecular weight excluding hydrogens is 364 g/mol. The molecular formula is C25H36O4. The van der Waals surface area contributed by atoms with Gasteiger partial charge in [0.2, 0.25) is 0 Å². The molecule has 2 N–H and O–H groups in total. The van der Waals surface area contributed by atoms with E-state index in [-0.39, 0.29) is 29.0 Å². The highest BCUT2D eigenvalue weighted by molar-refractivity contribution is 5.88. The summed E-state index contributed by atoms with van der Waals surface area (Å²) in [5, 5.41) is 21.7. The van der Waals surface area contributed by atoms with Gasteiger partial charge < -0.3 is 14.9 Å². The molecule has 4 fully saturated rings. The number of aliphatic hydroxyl groups excluding tert-OH is 2. The molecule has 0 spiro atoms. The summed E-state index contributed by atoms with van der Waals surface area (Å²) < 4.78 is 4.71. The average molecular weight is 401 g/mol. The highest BCUT2D eigenvalue weighted by atomic mass is 16.5. The maximum absolute atomic E-state index is 11.6. The van der Waals surface area contributed by atoms with Crippen LogP contribution in [0.3, 0.4) is 0 Å². The molecule has 0 bridgehead atoms. The van der Waals surface area contributed by atoms with E-state index in [9.17, 15) is 15.0 Å². The minimum absolute atomic E-state index is 0.0534. The lowest BCUT2D eigenvalue weighted by atomic mass is 9.44. The van der Waals surface area contributed by atoms with Crippen molar-refractivity contribution < 1.29 is 19.7 Å². The van der Waals surface area contributed by atoms with Crippen molar-refractivity contribution in [2.24, 2.45) is 40.4 Å². The van der Waals surface area contributed by atoms with E-state index in [1.54, 1.807) is 0 Å². The largest absolute Gasteiger partial charge is 0.459 e. The third-order valence-corrected chi connectivity index (χ3v) is 9.33. The summed E-state index contributed by atoms with van der Waals surface area (Å²) in [7, 11) is 1.37. The highest BCUT2D eigenvalue weighted by Gasteiger charge is 2.63. The topological polar surface area (TPSA) is 66.8 Å². The Balaban J connectivity index is 1.67. The van der Waals surface area contributed by atoms with Crippen molar-refractivity contribution in [1.82, 2.24) is 0 Å². The third kappa shape index (κ3) is 3.17. The molecule has 0 aromatic carbocycles. The number of aliphatic hydroxyl groups is 2. The molecule has 160 valence electrons. The summed E-state index contributed by atoms with van der Waals surface area (Å²) in [4.78, 5) is 11.6. The Hall–Kier alpha value is -1.31. The molecule has 0 heterocycles. The van der Waals surface area contributed by atoms with Gasteiger partial charge in [-0.3, -0.25) is 0 Å². The minimum Gasteiger partial charge on any atom is -0.459 e. The van der Waals surface area contributed by atoms with Crippen molar-refractivity contribution in [3.8, 4) is 11.8 Å². The van der Waals surface area contributed by atoms with Crippen LogP contribution < -0.4 is 0 Å². The number of rotatable bonds is 0. The van der Waals surface area contributed by atoms with Crippen LogP contribution in [0.2, 0.25) is 0 Å². The summed E-state index contributed by atoms with van der Waals surface area (Å²) in [6.45, 7) is 6.76. The number of hydrogen-bond donors (Lipinski definition) is 2. The number of fused-ring (bicyclic) bond motifs is 5. The van der Waals surface area contributed by atoms with E-state index in [1.165, 1.54) is 12.7 Å². The van der Waals surface area contributed by atoms with Gasteiger partial charge in [0.1, 0.15) is 0 Å². The van der Waals surface area contributed by atoms with Gasteiger partial charge >= 0.3 is 5.97 Å². The Kier molecular flexibility index (Phi) is 5.37. The summed E-state index contributed by atoms with van der Waals surface area (Å²) in [5.74, 6) is 7.24. The Morgan fingerprint density at radius 3 is 2.66 bits per heavy atom. The number of carbonyl (C=O) groups excluding carboxylic acids is 1. The van der Waals surface area contributed by atoms with Crippen LogP contribution in [0.4, 0.5) is 0 Å². The Morgan fingerprint density at radius 1 is 1.21 bits per heavy atom. The van der Waals surface area contributed by atoms with Crippen LogP contribution in [-0.4, -0.2) is 35.5 Å². The Morgan fingerprint density at radius 2 is 1.97 bits per heavy atom. The molecule has 0 aliphatic heterocycles. The lowest BCUT2D eigenvalue weighted by molar-refractivity contribution is -0.167. The number of esters is 1. The van der Waals surface area contributed by atoms with Crippen LogP contribution in [-0.2, 0) is 9.53 Å². The second kappa shape index (κ2) is 7.43. The monoisotopic (exact) mass is 400 g/mol. The van der Waals surface area contributed by atoms with Crippen molar-refractivity contribution in [3.05, 3.63) is 11.6 Å². The molecule has 1 unspecified atom stereocenters. The van der Waals surface area contributed by atoms with Crippen LogP contribution in [0.15, 0.2) is 11.6 Å². The van der Waals surface area contributed by atoms with Crippen LogP contribution in [0, 0.1) is 52.3 Å².